The minimum absolute atomic E-state index is 0.125. The van der Waals surface area contributed by atoms with E-state index in [0.717, 1.165) is 10.4 Å². The van der Waals surface area contributed by atoms with Crippen molar-refractivity contribution in [3.8, 4) is 11.5 Å². The number of hydrogen-bond donors (Lipinski definition) is 1. The molecule has 0 saturated carbocycles. The standard InChI is InChI=1S/C33H44N2O10S/c1-31(2,3)43-27(37)18-41-22-12-20(13-23(15-22)42-19-28(38)44-32(4,5)6)24(36)16-34-29(39)26-14-21-17-35(11-10-25(21)46-26)30(40)45-33(7,8)9/h12-15H,10-11,16-19H2,1-9H3,(H,34,39). The fourth-order valence-corrected chi connectivity index (χ4v) is 5.28. The number of amides is 2. The highest BCUT2D eigenvalue weighted by molar-refractivity contribution is 7.14. The number of thiophene rings is 1. The maximum Gasteiger partial charge on any atom is 0.410 e. The first-order chi connectivity index (χ1) is 21.2. The Labute approximate surface area is 273 Å². The van der Waals surface area contributed by atoms with Crippen LogP contribution in [0.2, 0.25) is 0 Å². The van der Waals surface area contributed by atoms with Gasteiger partial charge in [0.15, 0.2) is 19.0 Å². The van der Waals surface area contributed by atoms with Crippen molar-refractivity contribution in [1.29, 1.82) is 0 Å². The Balaban J connectivity index is 1.68. The molecule has 1 aromatic carbocycles. The van der Waals surface area contributed by atoms with Gasteiger partial charge in [-0.15, -0.1) is 11.3 Å². The molecular formula is C33H44N2O10S. The molecule has 0 radical (unpaired) electrons. The number of ether oxygens (including phenoxy) is 5. The van der Waals surface area contributed by atoms with E-state index in [-0.39, 0.29) is 23.6 Å². The molecule has 252 valence electrons. The monoisotopic (exact) mass is 660 g/mol. The topological polar surface area (TPSA) is 147 Å². The van der Waals surface area contributed by atoms with E-state index in [1.807, 2.05) is 0 Å². The van der Waals surface area contributed by atoms with E-state index in [1.54, 1.807) is 73.3 Å². The largest absolute Gasteiger partial charge is 0.482 e. The first-order valence-electron chi connectivity index (χ1n) is 14.9. The summed E-state index contributed by atoms with van der Waals surface area (Å²) in [7, 11) is 0. The van der Waals surface area contributed by atoms with Gasteiger partial charge in [0.2, 0.25) is 0 Å². The zero-order valence-corrected chi connectivity index (χ0v) is 28.8. The number of carbonyl (C=O) groups is 5. The lowest BCUT2D eigenvalue weighted by molar-refractivity contribution is -0.158. The second kappa shape index (κ2) is 14.5. The molecule has 1 aliphatic heterocycles. The van der Waals surface area contributed by atoms with Gasteiger partial charge in [0, 0.05) is 23.1 Å². The van der Waals surface area contributed by atoms with E-state index in [1.165, 1.54) is 29.5 Å². The van der Waals surface area contributed by atoms with Gasteiger partial charge in [0.1, 0.15) is 28.3 Å². The Kier molecular flexibility index (Phi) is 11.5. The molecular weight excluding hydrogens is 616 g/mol. The highest BCUT2D eigenvalue weighted by Gasteiger charge is 2.28. The van der Waals surface area contributed by atoms with Crippen molar-refractivity contribution < 1.29 is 47.7 Å². The molecule has 2 heterocycles. The Morgan fingerprint density at radius 1 is 0.761 bits per heavy atom. The SMILES string of the molecule is CC(C)(C)OC(=O)COc1cc(OCC(=O)OC(C)(C)C)cc(C(=O)CNC(=O)c2cc3c(s2)CCN(C(=O)OC(C)(C)C)C3)c1. The average Bonchev–Trinajstić information content (AvgIpc) is 3.34. The van der Waals surface area contributed by atoms with Crippen molar-refractivity contribution in [3.05, 3.63) is 45.1 Å². The lowest BCUT2D eigenvalue weighted by atomic mass is 10.1. The van der Waals surface area contributed by atoms with Crippen LogP contribution in [0.5, 0.6) is 11.5 Å². The van der Waals surface area contributed by atoms with Gasteiger partial charge in [-0.25, -0.2) is 14.4 Å². The number of esters is 2. The molecule has 0 atom stereocenters. The van der Waals surface area contributed by atoms with Crippen molar-refractivity contribution in [3.63, 3.8) is 0 Å². The lowest BCUT2D eigenvalue weighted by Crippen LogP contribution is -2.39. The first-order valence-corrected chi connectivity index (χ1v) is 15.7. The van der Waals surface area contributed by atoms with E-state index in [9.17, 15) is 24.0 Å². The summed E-state index contributed by atoms with van der Waals surface area (Å²) in [5, 5.41) is 2.65. The van der Waals surface area contributed by atoms with Crippen molar-refractivity contribution >= 4 is 41.1 Å². The predicted molar refractivity (Wildman–Crippen MR) is 170 cm³/mol. The molecule has 1 aliphatic rings. The second-order valence-corrected chi connectivity index (χ2v) is 14.9. The van der Waals surface area contributed by atoms with Gasteiger partial charge in [-0.05, 0) is 92.5 Å². The van der Waals surface area contributed by atoms with E-state index in [2.05, 4.69) is 5.32 Å². The van der Waals surface area contributed by atoms with Gasteiger partial charge < -0.3 is 33.9 Å². The molecule has 0 aliphatic carbocycles. The number of carbonyl (C=O) groups excluding carboxylic acids is 5. The molecule has 46 heavy (non-hydrogen) atoms. The minimum atomic E-state index is -0.711. The zero-order valence-electron chi connectivity index (χ0n) is 28.0. The zero-order chi connectivity index (χ0) is 34.4. The third kappa shape index (κ3) is 12.0. The summed E-state index contributed by atoms with van der Waals surface area (Å²) < 4.78 is 27.2. The van der Waals surface area contributed by atoms with Gasteiger partial charge in [0.25, 0.3) is 5.91 Å². The van der Waals surface area contributed by atoms with Crippen LogP contribution in [0.4, 0.5) is 4.79 Å². The normalized spacial score (nSPS) is 13.3. The number of ketones is 1. The maximum absolute atomic E-state index is 13.2. The second-order valence-electron chi connectivity index (χ2n) is 13.8. The highest BCUT2D eigenvalue weighted by Crippen LogP contribution is 2.29. The van der Waals surface area contributed by atoms with E-state index < -0.39 is 59.7 Å². The van der Waals surface area contributed by atoms with Gasteiger partial charge in [0.05, 0.1) is 18.0 Å². The molecule has 0 spiro atoms. The molecule has 1 N–H and O–H groups in total. The molecule has 0 fully saturated rings. The summed E-state index contributed by atoms with van der Waals surface area (Å²) in [6.45, 7) is 15.4. The van der Waals surface area contributed by atoms with E-state index in [4.69, 9.17) is 23.7 Å². The Bertz CT molecular complexity index is 1410. The van der Waals surface area contributed by atoms with Gasteiger partial charge in [-0.3, -0.25) is 9.59 Å². The summed E-state index contributed by atoms with van der Waals surface area (Å²) in [5.41, 5.74) is -1.05. The summed E-state index contributed by atoms with van der Waals surface area (Å²) in [5.74, 6) is -1.86. The third-order valence-electron chi connectivity index (χ3n) is 5.91. The molecule has 1 aromatic heterocycles. The lowest BCUT2D eigenvalue weighted by Gasteiger charge is -2.29. The van der Waals surface area contributed by atoms with Crippen LogP contribution in [0.3, 0.4) is 0 Å². The van der Waals surface area contributed by atoms with E-state index >= 15 is 0 Å². The van der Waals surface area contributed by atoms with Crippen molar-refractivity contribution in [2.24, 2.45) is 0 Å². The van der Waals surface area contributed by atoms with Crippen molar-refractivity contribution in [2.45, 2.75) is 92.1 Å². The van der Waals surface area contributed by atoms with Gasteiger partial charge >= 0.3 is 18.0 Å². The maximum atomic E-state index is 13.2. The van der Waals surface area contributed by atoms with E-state index in [0.29, 0.717) is 24.4 Å². The number of fused-ring (bicyclic) bond motifs is 1. The molecule has 0 bridgehead atoms. The number of nitrogens with one attached hydrogen (secondary N) is 1. The average molecular weight is 661 g/mol. The van der Waals surface area contributed by atoms with Crippen LogP contribution in [-0.2, 0) is 36.8 Å². The summed E-state index contributed by atoms with van der Waals surface area (Å²) in [6.07, 6.45) is 0.181. The molecule has 12 nitrogen and oxygen atoms in total. The Morgan fingerprint density at radius 3 is 1.78 bits per heavy atom. The highest BCUT2D eigenvalue weighted by atomic mass is 32.1. The molecule has 13 heteroatoms. The summed E-state index contributed by atoms with van der Waals surface area (Å²) in [6, 6.07) is 5.98. The number of Topliss-reactive ketones (excluding diaryl/α,β-unsaturated/α-hetero) is 1. The van der Waals surface area contributed by atoms with Gasteiger partial charge in [-0.2, -0.15) is 0 Å². The fourth-order valence-electron chi connectivity index (χ4n) is 4.20. The van der Waals surface area contributed by atoms with Crippen molar-refractivity contribution in [1.82, 2.24) is 10.2 Å². The predicted octanol–water partition coefficient (Wildman–Crippen LogP) is 5.10. The number of hydrogen-bond acceptors (Lipinski definition) is 11. The fraction of sp³-hybridized carbons (Fsp3) is 0.545. The van der Waals surface area contributed by atoms with Crippen LogP contribution in [0.15, 0.2) is 24.3 Å². The van der Waals surface area contributed by atoms with Crippen LogP contribution in [0.1, 0.15) is 92.8 Å². The summed E-state index contributed by atoms with van der Waals surface area (Å²) in [4.78, 5) is 66.1. The molecule has 3 rings (SSSR count). The van der Waals surface area contributed by atoms with Crippen LogP contribution < -0.4 is 14.8 Å². The number of benzene rings is 1. The van der Waals surface area contributed by atoms with Crippen molar-refractivity contribution in [2.75, 3.05) is 26.3 Å². The number of rotatable bonds is 10. The van der Waals surface area contributed by atoms with Crippen LogP contribution >= 0.6 is 11.3 Å². The molecule has 0 unspecified atom stereocenters. The molecule has 2 amide bonds. The van der Waals surface area contributed by atoms with Crippen LogP contribution in [0.25, 0.3) is 0 Å². The smallest absolute Gasteiger partial charge is 0.410 e. The van der Waals surface area contributed by atoms with Crippen LogP contribution in [-0.4, -0.2) is 77.7 Å². The quantitative estimate of drug-likeness (QED) is 0.208. The first kappa shape index (κ1) is 36.3. The Morgan fingerprint density at radius 2 is 1.28 bits per heavy atom. The third-order valence-corrected chi connectivity index (χ3v) is 7.14. The molecule has 2 aromatic rings. The summed E-state index contributed by atoms with van der Waals surface area (Å²) >= 11 is 1.32. The minimum Gasteiger partial charge on any atom is -0.482 e. The van der Waals surface area contributed by atoms with Crippen LogP contribution in [0, 0.1) is 0 Å². The Hall–Kier alpha value is -4.13. The van der Waals surface area contributed by atoms with Gasteiger partial charge in [-0.1, -0.05) is 0 Å². The molecule has 0 saturated heterocycles. The number of nitrogens with zero attached hydrogens (tertiary/aromatic N) is 1.